The van der Waals surface area contributed by atoms with E-state index in [0.29, 0.717) is 21.7 Å². The lowest BCUT2D eigenvalue weighted by Gasteiger charge is -2.19. The van der Waals surface area contributed by atoms with Crippen molar-refractivity contribution in [1.82, 2.24) is 14.3 Å². The summed E-state index contributed by atoms with van der Waals surface area (Å²) in [6.45, 7) is 3.78. The van der Waals surface area contributed by atoms with Crippen LogP contribution >= 0.6 is 11.5 Å². The maximum absolute atomic E-state index is 12.6. The first-order valence-electron chi connectivity index (χ1n) is 7.96. The van der Waals surface area contributed by atoms with Crippen LogP contribution < -0.4 is 20.3 Å². The number of nitrogens with one attached hydrogen (secondary N) is 1. The van der Waals surface area contributed by atoms with E-state index in [-0.39, 0.29) is 11.6 Å². The number of fused-ring (bicyclic) bond motifs is 1. The van der Waals surface area contributed by atoms with Gasteiger partial charge in [-0.25, -0.2) is 9.78 Å². The maximum Gasteiger partial charge on any atom is 0.338 e. The first-order valence-corrected chi connectivity index (χ1v) is 8.74. The summed E-state index contributed by atoms with van der Waals surface area (Å²) in [6, 6.07) is 6.20. The minimum Gasteiger partial charge on any atom is -0.493 e. The summed E-state index contributed by atoms with van der Waals surface area (Å²) in [5.74, 6) is 1.21. The number of methoxy groups -OCH3 is 2. The Morgan fingerprint density at radius 2 is 1.96 bits per heavy atom. The van der Waals surface area contributed by atoms with Crippen LogP contribution in [-0.4, -0.2) is 29.2 Å². The fraction of sp³-hybridized carbons (Fsp3) is 0.278. The van der Waals surface area contributed by atoms with Gasteiger partial charge in [0.25, 0.3) is 5.56 Å². The first kappa shape index (κ1) is 17.9. The second-order valence-electron chi connectivity index (χ2n) is 5.78. The number of carbonyl (C=O) groups excluding carboxylic acids is 1. The van der Waals surface area contributed by atoms with Crippen molar-refractivity contribution in [3.05, 3.63) is 51.9 Å². The number of nitrogens with zero attached hydrogens (tertiary/aromatic N) is 2. The van der Waals surface area contributed by atoms with Crippen molar-refractivity contribution >= 4 is 27.8 Å². The van der Waals surface area contributed by atoms with Crippen molar-refractivity contribution in [1.29, 1.82) is 0 Å². The van der Waals surface area contributed by atoms with Crippen LogP contribution in [0, 0.1) is 6.92 Å². The van der Waals surface area contributed by atoms with Crippen molar-refractivity contribution in [2.45, 2.75) is 19.9 Å². The molecular formula is C18H19N3O4S. The van der Waals surface area contributed by atoms with E-state index >= 15 is 0 Å². The van der Waals surface area contributed by atoms with Gasteiger partial charge in [-0.1, -0.05) is 0 Å². The molecule has 3 rings (SSSR count). The quantitative estimate of drug-likeness (QED) is 0.760. The van der Waals surface area contributed by atoms with Crippen LogP contribution in [0.1, 0.15) is 24.1 Å². The highest BCUT2D eigenvalue weighted by molar-refractivity contribution is 7.14. The van der Waals surface area contributed by atoms with Gasteiger partial charge in [0.15, 0.2) is 11.5 Å². The molecule has 0 fully saturated rings. The van der Waals surface area contributed by atoms with Gasteiger partial charge in [-0.15, -0.1) is 0 Å². The molecule has 136 valence electrons. The van der Waals surface area contributed by atoms with Crippen LogP contribution in [0.2, 0.25) is 0 Å². The molecule has 2 heterocycles. The summed E-state index contributed by atoms with van der Waals surface area (Å²) < 4.78 is 11.7. The van der Waals surface area contributed by atoms with Crippen molar-refractivity contribution in [3.63, 3.8) is 0 Å². The number of aromatic nitrogens is 2. The number of hydrogen-bond donors (Lipinski definition) is 1. The van der Waals surface area contributed by atoms with E-state index in [4.69, 9.17) is 9.47 Å². The number of benzene rings is 1. The molecule has 0 aliphatic carbocycles. The Morgan fingerprint density at radius 1 is 1.27 bits per heavy atom. The SMILES string of the molecule is COc1cc(C)c(C(C)NC(=O)n2sc3ncccc3c2=O)cc1OC. The lowest BCUT2D eigenvalue weighted by Crippen LogP contribution is -2.35. The zero-order valence-corrected chi connectivity index (χ0v) is 15.7. The number of pyridine rings is 1. The number of carbonyl (C=O) groups is 1. The molecule has 26 heavy (non-hydrogen) atoms. The average Bonchev–Trinajstić information content (AvgIpc) is 2.98. The first-order chi connectivity index (χ1) is 12.5. The number of ether oxygens (including phenoxy) is 2. The predicted molar refractivity (Wildman–Crippen MR) is 101 cm³/mol. The van der Waals surface area contributed by atoms with E-state index < -0.39 is 6.03 Å². The van der Waals surface area contributed by atoms with Crippen LogP contribution in [-0.2, 0) is 0 Å². The highest BCUT2D eigenvalue weighted by Gasteiger charge is 2.19. The van der Waals surface area contributed by atoms with Crippen LogP contribution in [0.5, 0.6) is 11.5 Å². The molecule has 0 saturated carbocycles. The van der Waals surface area contributed by atoms with Gasteiger partial charge in [0.05, 0.1) is 25.6 Å². The van der Waals surface area contributed by atoms with E-state index in [1.54, 1.807) is 32.5 Å². The van der Waals surface area contributed by atoms with E-state index in [1.165, 1.54) is 0 Å². The summed E-state index contributed by atoms with van der Waals surface area (Å²) in [6.07, 6.45) is 1.59. The summed E-state index contributed by atoms with van der Waals surface area (Å²) in [7, 11) is 3.13. The Kier molecular flexibility index (Phi) is 4.94. The zero-order valence-electron chi connectivity index (χ0n) is 14.9. The molecular weight excluding hydrogens is 354 g/mol. The average molecular weight is 373 g/mol. The largest absolute Gasteiger partial charge is 0.493 e. The van der Waals surface area contributed by atoms with Gasteiger partial charge >= 0.3 is 6.03 Å². The van der Waals surface area contributed by atoms with Gasteiger partial charge in [0.2, 0.25) is 0 Å². The molecule has 1 unspecified atom stereocenters. The lowest BCUT2D eigenvalue weighted by molar-refractivity contribution is 0.241. The molecule has 0 spiro atoms. The molecule has 1 atom stereocenters. The molecule has 0 aliphatic rings. The maximum atomic E-state index is 12.6. The molecule has 3 aromatic rings. The smallest absolute Gasteiger partial charge is 0.338 e. The molecule has 1 N–H and O–H groups in total. The molecule has 0 saturated heterocycles. The monoisotopic (exact) mass is 373 g/mol. The fourth-order valence-corrected chi connectivity index (χ4v) is 3.63. The fourth-order valence-electron chi connectivity index (χ4n) is 2.78. The Bertz CT molecular complexity index is 1020. The van der Waals surface area contributed by atoms with Gasteiger partial charge in [0, 0.05) is 6.20 Å². The Morgan fingerprint density at radius 3 is 2.62 bits per heavy atom. The highest BCUT2D eigenvalue weighted by Crippen LogP contribution is 2.32. The van der Waals surface area contributed by atoms with Crippen molar-refractivity contribution in [2.75, 3.05) is 14.2 Å². The lowest BCUT2D eigenvalue weighted by atomic mass is 10.0. The van der Waals surface area contributed by atoms with Crippen LogP contribution in [0.4, 0.5) is 4.79 Å². The van der Waals surface area contributed by atoms with Gasteiger partial charge in [0.1, 0.15) is 4.83 Å². The molecule has 8 heteroatoms. The predicted octanol–water partition coefficient (Wildman–Crippen LogP) is 3.10. The Hall–Kier alpha value is -2.87. The van der Waals surface area contributed by atoms with E-state index in [9.17, 15) is 9.59 Å². The zero-order chi connectivity index (χ0) is 18.8. The van der Waals surface area contributed by atoms with E-state index in [1.807, 2.05) is 26.0 Å². The third-order valence-corrected chi connectivity index (χ3v) is 5.14. The summed E-state index contributed by atoms with van der Waals surface area (Å²) in [4.78, 5) is 29.6. The topological polar surface area (TPSA) is 82.5 Å². The highest BCUT2D eigenvalue weighted by atomic mass is 32.1. The standard InChI is InChI=1S/C18H19N3O4S/c1-10-8-14(24-3)15(25-4)9-13(10)11(2)20-18(23)21-17(22)12-6-5-7-19-16(12)26-21/h5-9,11H,1-4H3,(H,20,23). The number of hydrogen-bond acceptors (Lipinski definition) is 6. The normalized spacial score (nSPS) is 12.0. The number of rotatable bonds is 4. The van der Waals surface area contributed by atoms with Crippen molar-refractivity contribution in [2.24, 2.45) is 0 Å². The second kappa shape index (κ2) is 7.17. The minimum absolute atomic E-state index is 0.327. The molecule has 0 radical (unpaired) electrons. The molecule has 0 aliphatic heterocycles. The van der Waals surface area contributed by atoms with Gasteiger partial charge in [-0.2, -0.15) is 3.96 Å². The molecule has 1 amide bonds. The van der Waals surface area contributed by atoms with Crippen molar-refractivity contribution < 1.29 is 14.3 Å². The van der Waals surface area contributed by atoms with Crippen LogP contribution in [0.25, 0.3) is 10.2 Å². The third kappa shape index (κ3) is 3.15. The third-order valence-electron chi connectivity index (χ3n) is 4.13. The molecule has 2 aromatic heterocycles. The number of amides is 1. The second-order valence-corrected chi connectivity index (χ2v) is 6.72. The summed E-state index contributed by atoms with van der Waals surface area (Å²) >= 11 is 1.02. The minimum atomic E-state index is -0.486. The van der Waals surface area contributed by atoms with Crippen LogP contribution in [0.15, 0.2) is 35.3 Å². The Balaban J connectivity index is 1.89. The van der Waals surface area contributed by atoms with Gasteiger partial charge in [-0.3, -0.25) is 4.79 Å². The summed E-state index contributed by atoms with van der Waals surface area (Å²) in [5.41, 5.74) is 1.45. The molecule has 0 bridgehead atoms. The van der Waals surface area contributed by atoms with Gasteiger partial charge in [-0.05, 0) is 60.8 Å². The molecule has 7 nitrogen and oxygen atoms in total. The summed E-state index contributed by atoms with van der Waals surface area (Å²) in [5, 5.41) is 3.29. The molecule has 1 aromatic carbocycles. The van der Waals surface area contributed by atoms with E-state index in [0.717, 1.165) is 26.6 Å². The van der Waals surface area contributed by atoms with Crippen LogP contribution in [0.3, 0.4) is 0 Å². The Labute approximate surface area is 154 Å². The number of aryl methyl sites for hydroxylation is 1. The van der Waals surface area contributed by atoms with Gasteiger partial charge < -0.3 is 14.8 Å². The van der Waals surface area contributed by atoms with Crippen molar-refractivity contribution in [3.8, 4) is 11.5 Å². The van der Waals surface area contributed by atoms with E-state index in [2.05, 4.69) is 10.3 Å².